The molecular weight excluding hydrogens is 386 g/mol. The van der Waals surface area contributed by atoms with Crippen LogP contribution in [0.2, 0.25) is 10.0 Å². The lowest BCUT2D eigenvalue weighted by Gasteiger charge is -2.25. The first kappa shape index (κ1) is 19.0. The van der Waals surface area contributed by atoms with E-state index in [9.17, 15) is 0 Å². The van der Waals surface area contributed by atoms with Crippen LogP contribution in [0.15, 0.2) is 66.4 Å². The molecule has 3 rings (SSSR count). The second-order valence-electron chi connectivity index (χ2n) is 5.25. The summed E-state index contributed by atoms with van der Waals surface area (Å²) in [5.41, 5.74) is 14.7. The highest BCUT2D eigenvalue weighted by atomic mass is 35.5. The van der Waals surface area contributed by atoms with Crippen LogP contribution in [0.5, 0.6) is 0 Å². The van der Waals surface area contributed by atoms with Crippen molar-refractivity contribution in [3.8, 4) is 0 Å². The second-order valence-corrected chi connectivity index (χ2v) is 7.61. The van der Waals surface area contributed by atoms with E-state index in [-0.39, 0.29) is 0 Å². The second kappa shape index (κ2) is 8.17. The minimum atomic E-state index is -1.01. The van der Waals surface area contributed by atoms with Crippen molar-refractivity contribution in [3.05, 3.63) is 82.0 Å². The molecule has 0 unspecified atom stereocenters. The van der Waals surface area contributed by atoms with Crippen molar-refractivity contribution in [2.24, 2.45) is 5.73 Å². The van der Waals surface area contributed by atoms with Crippen molar-refractivity contribution in [2.75, 3.05) is 5.73 Å². The van der Waals surface area contributed by atoms with E-state index in [4.69, 9.17) is 57.9 Å². The lowest BCUT2D eigenvalue weighted by Crippen LogP contribution is -2.25. The molecule has 0 radical (unpaired) electrons. The minimum Gasteiger partial charge on any atom is -0.400 e. The Morgan fingerprint density at radius 3 is 1.71 bits per heavy atom. The maximum atomic E-state index is 6.11. The van der Waals surface area contributed by atoms with Crippen LogP contribution in [0.3, 0.4) is 0 Å². The average molecular weight is 402 g/mol. The number of alkyl halides is 2. The third kappa shape index (κ3) is 5.35. The van der Waals surface area contributed by atoms with Gasteiger partial charge in [-0.05, 0) is 53.6 Å². The highest BCUT2D eigenvalue weighted by molar-refractivity contribution is 6.51. The zero-order chi connectivity index (χ0) is 17.7. The van der Waals surface area contributed by atoms with Gasteiger partial charge in [0.15, 0.2) is 4.33 Å². The molecule has 2 nitrogen and oxygen atoms in total. The first-order chi connectivity index (χ1) is 11.3. The van der Waals surface area contributed by atoms with Crippen LogP contribution in [0, 0.1) is 0 Å². The van der Waals surface area contributed by atoms with Crippen molar-refractivity contribution >= 4 is 57.7 Å². The van der Waals surface area contributed by atoms with Crippen molar-refractivity contribution in [3.63, 3.8) is 0 Å². The Morgan fingerprint density at radius 2 is 1.25 bits per heavy atom. The maximum Gasteiger partial charge on any atom is 0.161 e. The SMILES string of the molecule is Clc1ccc(Cl)cc1.NC1=CC=C(c2ccc(N)cc2)CC1(Cl)Cl. The van der Waals surface area contributed by atoms with E-state index in [1.165, 1.54) is 0 Å². The molecule has 2 aromatic rings. The molecule has 0 aromatic heterocycles. The molecule has 6 heteroatoms. The van der Waals surface area contributed by atoms with E-state index in [2.05, 4.69) is 0 Å². The number of rotatable bonds is 1. The fourth-order valence-electron chi connectivity index (χ4n) is 2.04. The Bertz CT molecular complexity index is 727. The van der Waals surface area contributed by atoms with Crippen LogP contribution >= 0.6 is 46.4 Å². The summed E-state index contributed by atoms with van der Waals surface area (Å²) in [5.74, 6) is 0. The van der Waals surface area contributed by atoms with Gasteiger partial charge in [-0.15, -0.1) is 0 Å². The molecule has 0 atom stereocenters. The zero-order valence-corrected chi connectivity index (χ0v) is 15.7. The van der Waals surface area contributed by atoms with Gasteiger partial charge in [0.1, 0.15) is 0 Å². The van der Waals surface area contributed by atoms with Crippen LogP contribution in [0.4, 0.5) is 5.69 Å². The van der Waals surface area contributed by atoms with E-state index >= 15 is 0 Å². The number of allylic oxidation sites excluding steroid dienone is 4. The van der Waals surface area contributed by atoms with Crippen LogP contribution in [-0.4, -0.2) is 4.33 Å². The molecule has 0 aliphatic heterocycles. The van der Waals surface area contributed by atoms with Crippen molar-refractivity contribution < 1.29 is 0 Å². The van der Waals surface area contributed by atoms with E-state index in [1.54, 1.807) is 30.3 Å². The third-order valence-electron chi connectivity index (χ3n) is 3.38. The Kier molecular flexibility index (Phi) is 6.47. The fraction of sp³-hybridized carbons (Fsp3) is 0.111. The van der Waals surface area contributed by atoms with Crippen LogP contribution in [0.25, 0.3) is 5.57 Å². The van der Waals surface area contributed by atoms with E-state index in [0.717, 1.165) is 26.9 Å². The zero-order valence-electron chi connectivity index (χ0n) is 12.6. The third-order valence-corrected chi connectivity index (χ3v) is 4.59. The van der Waals surface area contributed by atoms with Gasteiger partial charge < -0.3 is 11.5 Å². The van der Waals surface area contributed by atoms with Gasteiger partial charge in [-0.2, -0.15) is 0 Å². The molecule has 1 aliphatic carbocycles. The molecule has 0 spiro atoms. The number of anilines is 1. The molecule has 0 fully saturated rings. The predicted molar refractivity (Wildman–Crippen MR) is 107 cm³/mol. The van der Waals surface area contributed by atoms with Crippen molar-refractivity contribution in [1.82, 2.24) is 0 Å². The highest BCUT2D eigenvalue weighted by Gasteiger charge is 2.31. The predicted octanol–water partition coefficient (Wildman–Crippen LogP) is 6.07. The summed E-state index contributed by atoms with van der Waals surface area (Å²) in [6.45, 7) is 0. The Hall–Kier alpha value is -1.32. The molecule has 0 bridgehead atoms. The fourth-order valence-corrected chi connectivity index (χ4v) is 2.70. The summed E-state index contributed by atoms with van der Waals surface area (Å²) in [5, 5.41) is 1.43. The highest BCUT2D eigenvalue weighted by Crippen LogP contribution is 2.40. The number of benzene rings is 2. The summed E-state index contributed by atoms with van der Waals surface area (Å²) >= 11 is 23.3. The van der Waals surface area contributed by atoms with Crippen LogP contribution in [-0.2, 0) is 0 Å². The first-order valence-corrected chi connectivity index (χ1v) is 8.61. The van der Waals surface area contributed by atoms with Gasteiger partial charge in [0, 0.05) is 27.9 Å². The summed E-state index contributed by atoms with van der Waals surface area (Å²) in [6.07, 6.45) is 4.18. The Balaban J connectivity index is 0.000000219. The molecule has 0 heterocycles. The van der Waals surface area contributed by atoms with E-state index in [1.807, 2.05) is 30.3 Å². The number of halogens is 4. The molecule has 1 aliphatic rings. The quantitative estimate of drug-likeness (QED) is 0.450. The smallest absolute Gasteiger partial charge is 0.161 e. The maximum absolute atomic E-state index is 6.11. The van der Waals surface area contributed by atoms with Gasteiger partial charge in [-0.3, -0.25) is 0 Å². The summed E-state index contributed by atoms with van der Waals surface area (Å²) in [6, 6.07) is 14.6. The van der Waals surface area contributed by atoms with Gasteiger partial charge >= 0.3 is 0 Å². The summed E-state index contributed by atoms with van der Waals surface area (Å²) in [4.78, 5) is 0. The molecule has 0 saturated carbocycles. The van der Waals surface area contributed by atoms with Gasteiger partial charge in [0.2, 0.25) is 0 Å². The lowest BCUT2D eigenvalue weighted by atomic mass is 9.95. The lowest BCUT2D eigenvalue weighted by molar-refractivity contribution is 0.892. The minimum absolute atomic E-state index is 0.482. The average Bonchev–Trinajstić information content (AvgIpc) is 2.54. The van der Waals surface area contributed by atoms with Crippen LogP contribution < -0.4 is 11.5 Å². The number of nitrogens with two attached hydrogens (primary N) is 2. The number of hydrogen-bond acceptors (Lipinski definition) is 2. The van der Waals surface area contributed by atoms with Crippen LogP contribution in [0.1, 0.15) is 12.0 Å². The van der Waals surface area contributed by atoms with Gasteiger partial charge in [0.25, 0.3) is 0 Å². The summed E-state index contributed by atoms with van der Waals surface area (Å²) in [7, 11) is 0. The Morgan fingerprint density at radius 1 is 0.750 bits per heavy atom. The molecule has 4 N–H and O–H groups in total. The topological polar surface area (TPSA) is 52.0 Å². The molecule has 24 heavy (non-hydrogen) atoms. The van der Waals surface area contributed by atoms with E-state index < -0.39 is 4.33 Å². The summed E-state index contributed by atoms with van der Waals surface area (Å²) < 4.78 is -1.01. The number of hydrogen-bond donors (Lipinski definition) is 2. The molecular formula is C18H16Cl4N2. The standard InChI is InChI=1S/C12H12Cl2N2.C6H4Cl2/c13-12(14)7-9(3-6-11(12)16)8-1-4-10(15)5-2-8;7-5-1-2-6(8)4-3-5/h1-6H,7,15-16H2;1-4H. The molecule has 0 saturated heterocycles. The molecule has 2 aromatic carbocycles. The first-order valence-electron chi connectivity index (χ1n) is 7.09. The van der Waals surface area contributed by atoms with Crippen molar-refractivity contribution in [1.29, 1.82) is 0 Å². The van der Waals surface area contributed by atoms with Gasteiger partial charge in [0.05, 0.1) is 0 Å². The Labute approximate surface area is 161 Å². The monoisotopic (exact) mass is 400 g/mol. The molecule has 126 valence electrons. The number of nitrogen functional groups attached to an aromatic ring is 1. The van der Waals surface area contributed by atoms with Gasteiger partial charge in [-0.1, -0.05) is 64.6 Å². The van der Waals surface area contributed by atoms with E-state index in [0.29, 0.717) is 12.1 Å². The van der Waals surface area contributed by atoms with Crippen molar-refractivity contribution in [2.45, 2.75) is 10.8 Å². The van der Waals surface area contributed by atoms with Gasteiger partial charge in [-0.25, -0.2) is 0 Å². The largest absolute Gasteiger partial charge is 0.400 e. The normalized spacial score (nSPS) is 15.7. The molecule has 0 amide bonds.